The molecule has 1 nitrogen and oxygen atoms in total. The highest BCUT2D eigenvalue weighted by Crippen LogP contribution is 2.13. The van der Waals surface area contributed by atoms with Crippen molar-refractivity contribution in [1.29, 1.82) is 0 Å². The second-order valence-electron chi connectivity index (χ2n) is 4.83. The van der Waals surface area contributed by atoms with Gasteiger partial charge >= 0.3 is 0 Å². The second-order valence-corrected chi connectivity index (χ2v) is 5.75. The predicted octanol–water partition coefficient (Wildman–Crippen LogP) is 4.48. The molecule has 0 saturated heterocycles. The molecule has 0 bridgehead atoms. The van der Waals surface area contributed by atoms with Crippen LogP contribution in [0.4, 0.5) is 0 Å². The van der Waals surface area contributed by atoms with Crippen molar-refractivity contribution in [3.63, 3.8) is 0 Å². The molecular formula is C15H22BrN. The summed E-state index contributed by atoms with van der Waals surface area (Å²) in [6, 6.07) is 8.55. The van der Waals surface area contributed by atoms with Gasteiger partial charge < -0.3 is 0 Å². The molecule has 2 heteroatoms. The molecule has 0 fully saturated rings. The molecule has 1 aromatic carbocycles. The lowest BCUT2D eigenvalue weighted by Crippen LogP contribution is -2.25. The second kappa shape index (κ2) is 7.67. The molecule has 0 aliphatic heterocycles. The third-order valence-corrected chi connectivity index (χ3v) is 3.26. The number of nitrogens with zero attached hydrogens (tertiary/aromatic N) is 1. The zero-order valence-corrected chi connectivity index (χ0v) is 12.4. The zero-order valence-electron chi connectivity index (χ0n) is 10.8. The van der Waals surface area contributed by atoms with Crippen molar-refractivity contribution in [2.45, 2.75) is 26.8 Å². The Bertz CT molecular complexity index is 329. The first-order valence-corrected chi connectivity index (χ1v) is 6.99. The average molecular weight is 296 g/mol. The van der Waals surface area contributed by atoms with Gasteiger partial charge in [0.1, 0.15) is 0 Å². The Hall–Kier alpha value is -0.600. The van der Waals surface area contributed by atoms with Crippen molar-refractivity contribution in [3.05, 3.63) is 47.0 Å². The third kappa shape index (κ3) is 6.04. The van der Waals surface area contributed by atoms with E-state index in [1.54, 1.807) is 0 Å². The van der Waals surface area contributed by atoms with Gasteiger partial charge in [0, 0.05) is 17.6 Å². The van der Waals surface area contributed by atoms with Crippen molar-refractivity contribution in [2.75, 3.05) is 13.1 Å². The van der Waals surface area contributed by atoms with Crippen molar-refractivity contribution in [3.8, 4) is 0 Å². The summed E-state index contributed by atoms with van der Waals surface area (Å²) in [4.78, 5) is 2.44. The van der Waals surface area contributed by atoms with Crippen LogP contribution in [0.2, 0.25) is 0 Å². The maximum atomic E-state index is 3.83. The summed E-state index contributed by atoms with van der Waals surface area (Å²) >= 11 is 3.46. The van der Waals surface area contributed by atoms with Gasteiger partial charge in [0.2, 0.25) is 0 Å². The Morgan fingerprint density at radius 2 is 1.94 bits per heavy atom. The Balaban J connectivity index is 2.53. The lowest BCUT2D eigenvalue weighted by Gasteiger charge is -2.21. The summed E-state index contributed by atoms with van der Waals surface area (Å²) in [6.45, 7) is 11.5. The minimum Gasteiger partial charge on any atom is -0.295 e. The van der Waals surface area contributed by atoms with E-state index in [2.05, 4.69) is 65.5 Å². The number of halogens is 1. The largest absolute Gasteiger partial charge is 0.295 e. The van der Waals surface area contributed by atoms with Crippen molar-refractivity contribution in [2.24, 2.45) is 5.92 Å². The Labute approximate surface area is 114 Å². The van der Waals surface area contributed by atoms with E-state index in [0.29, 0.717) is 0 Å². The van der Waals surface area contributed by atoms with Gasteiger partial charge in [0.25, 0.3) is 0 Å². The third-order valence-electron chi connectivity index (χ3n) is 2.73. The molecule has 0 unspecified atom stereocenters. The van der Waals surface area contributed by atoms with Crippen LogP contribution in [0.25, 0.3) is 0 Å². The molecule has 0 aliphatic rings. The van der Waals surface area contributed by atoms with Crippen LogP contribution in [0.1, 0.15) is 25.8 Å². The number of benzene rings is 1. The first kappa shape index (κ1) is 14.5. The maximum absolute atomic E-state index is 3.83. The van der Waals surface area contributed by atoms with E-state index >= 15 is 0 Å². The van der Waals surface area contributed by atoms with Gasteiger partial charge in [0.05, 0.1) is 0 Å². The summed E-state index contributed by atoms with van der Waals surface area (Å²) in [6.07, 6.45) is 3.23. The minimum absolute atomic E-state index is 0.757. The summed E-state index contributed by atoms with van der Waals surface area (Å²) in [7, 11) is 0. The van der Waals surface area contributed by atoms with E-state index in [1.807, 2.05) is 6.08 Å². The molecule has 0 amide bonds. The van der Waals surface area contributed by atoms with Crippen LogP contribution >= 0.6 is 15.9 Å². The SMILES string of the molecule is C=CCN(CCC(C)C)Cc1ccc(Br)cc1. The van der Waals surface area contributed by atoms with E-state index < -0.39 is 0 Å². The number of rotatable bonds is 7. The normalized spacial score (nSPS) is 11.1. The molecule has 17 heavy (non-hydrogen) atoms. The van der Waals surface area contributed by atoms with E-state index in [-0.39, 0.29) is 0 Å². The highest BCUT2D eigenvalue weighted by Gasteiger charge is 2.05. The fourth-order valence-electron chi connectivity index (χ4n) is 1.71. The first-order valence-electron chi connectivity index (χ1n) is 6.19. The quantitative estimate of drug-likeness (QED) is 0.670. The van der Waals surface area contributed by atoms with Crippen LogP contribution in [0, 0.1) is 5.92 Å². The molecule has 0 spiro atoms. The fraction of sp³-hybridized carbons (Fsp3) is 0.467. The first-order chi connectivity index (χ1) is 8.11. The van der Waals surface area contributed by atoms with Crippen molar-refractivity contribution >= 4 is 15.9 Å². The van der Waals surface area contributed by atoms with E-state index in [1.165, 1.54) is 12.0 Å². The highest BCUT2D eigenvalue weighted by atomic mass is 79.9. The van der Waals surface area contributed by atoms with Crippen LogP contribution in [0.3, 0.4) is 0 Å². The van der Waals surface area contributed by atoms with Gasteiger partial charge in [-0.3, -0.25) is 4.90 Å². The monoisotopic (exact) mass is 295 g/mol. The molecule has 0 N–H and O–H groups in total. The minimum atomic E-state index is 0.757. The van der Waals surface area contributed by atoms with Gasteiger partial charge in [-0.1, -0.05) is 48.0 Å². The summed E-state index contributed by atoms with van der Waals surface area (Å²) in [5.41, 5.74) is 1.36. The van der Waals surface area contributed by atoms with Gasteiger partial charge in [-0.25, -0.2) is 0 Å². The van der Waals surface area contributed by atoms with Crippen molar-refractivity contribution < 1.29 is 0 Å². The Kier molecular flexibility index (Phi) is 6.53. The van der Waals surface area contributed by atoms with Crippen LogP contribution in [-0.4, -0.2) is 18.0 Å². The standard InChI is InChI=1S/C15H22BrN/c1-4-10-17(11-9-13(2)3)12-14-5-7-15(16)8-6-14/h4-8,13H,1,9-12H2,2-3H3. The molecule has 0 saturated carbocycles. The number of hydrogen-bond donors (Lipinski definition) is 0. The molecule has 0 aromatic heterocycles. The lowest BCUT2D eigenvalue weighted by molar-refractivity contribution is 0.275. The van der Waals surface area contributed by atoms with E-state index in [0.717, 1.165) is 30.0 Å². The van der Waals surface area contributed by atoms with Gasteiger partial charge in [0.15, 0.2) is 0 Å². The van der Waals surface area contributed by atoms with E-state index in [4.69, 9.17) is 0 Å². The average Bonchev–Trinajstić information content (AvgIpc) is 2.29. The summed E-state index contributed by atoms with van der Waals surface area (Å²) in [5.74, 6) is 0.757. The molecule has 94 valence electrons. The molecule has 1 rings (SSSR count). The highest BCUT2D eigenvalue weighted by molar-refractivity contribution is 9.10. The molecule has 0 aliphatic carbocycles. The van der Waals surface area contributed by atoms with Crippen molar-refractivity contribution in [1.82, 2.24) is 4.90 Å². The molecule has 0 heterocycles. The smallest absolute Gasteiger partial charge is 0.0237 e. The molecule has 0 atom stereocenters. The molecular weight excluding hydrogens is 274 g/mol. The topological polar surface area (TPSA) is 3.24 Å². The Morgan fingerprint density at radius 3 is 2.47 bits per heavy atom. The van der Waals surface area contributed by atoms with Gasteiger partial charge in [-0.15, -0.1) is 6.58 Å². The maximum Gasteiger partial charge on any atom is 0.0237 e. The fourth-order valence-corrected chi connectivity index (χ4v) is 1.97. The number of hydrogen-bond acceptors (Lipinski definition) is 1. The zero-order chi connectivity index (χ0) is 12.7. The van der Waals surface area contributed by atoms with Crippen LogP contribution < -0.4 is 0 Å². The van der Waals surface area contributed by atoms with Crippen LogP contribution in [-0.2, 0) is 6.54 Å². The summed E-state index contributed by atoms with van der Waals surface area (Å²) < 4.78 is 1.14. The van der Waals surface area contributed by atoms with Crippen LogP contribution in [0.5, 0.6) is 0 Å². The lowest BCUT2D eigenvalue weighted by atomic mass is 10.1. The van der Waals surface area contributed by atoms with Gasteiger partial charge in [-0.05, 0) is 36.6 Å². The van der Waals surface area contributed by atoms with Gasteiger partial charge in [-0.2, -0.15) is 0 Å². The van der Waals surface area contributed by atoms with Crippen LogP contribution in [0.15, 0.2) is 41.4 Å². The molecule has 1 aromatic rings. The predicted molar refractivity (Wildman–Crippen MR) is 79.1 cm³/mol. The Morgan fingerprint density at radius 1 is 1.29 bits per heavy atom. The molecule has 0 radical (unpaired) electrons. The van der Waals surface area contributed by atoms with E-state index in [9.17, 15) is 0 Å². The summed E-state index contributed by atoms with van der Waals surface area (Å²) in [5, 5.41) is 0.